The average Bonchev–Trinajstić information content (AvgIpc) is 2.66. The van der Waals surface area contributed by atoms with Gasteiger partial charge in [0.05, 0.1) is 23.2 Å². The van der Waals surface area contributed by atoms with E-state index in [1.54, 1.807) is 11.3 Å². The predicted octanol–water partition coefficient (Wildman–Crippen LogP) is 1.38. The van der Waals surface area contributed by atoms with Crippen LogP contribution >= 0.6 is 11.3 Å². The first-order valence-electron chi connectivity index (χ1n) is 6.08. The first-order valence-corrected chi connectivity index (χ1v) is 6.90. The molecule has 4 nitrogen and oxygen atoms in total. The number of amides is 1. The van der Waals surface area contributed by atoms with Crippen molar-refractivity contribution in [1.29, 1.82) is 0 Å². The van der Waals surface area contributed by atoms with Gasteiger partial charge in [0.1, 0.15) is 0 Å². The minimum atomic E-state index is 0.137. The lowest BCUT2D eigenvalue weighted by molar-refractivity contribution is -0.125. The maximum atomic E-state index is 11.9. The number of hydrogen-bond donors (Lipinski definition) is 2. The fourth-order valence-electron chi connectivity index (χ4n) is 2.12. The second kappa shape index (κ2) is 5.60. The van der Waals surface area contributed by atoms with E-state index < -0.39 is 0 Å². The van der Waals surface area contributed by atoms with Crippen molar-refractivity contribution in [3.63, 3.8) is 0 Å². The summed E-state index contributed by atoms with van der Waals surface area (Å²) in [6.07, 6.45) is 2.09. The van der Waals surface area contributed by atoms with Gasteiger partial charge in [-0.05, 0) is 33.2 Å². The van der Waals surface area contributed by atoms with Crippen LogP contribution in [0.3, 0.4) is 0 Å². The number of thiazole rings is 1. The molecule has 1 atom stereocenters. The highest BCUT2D eigenvalue weighted by Gasteiger charge is 2.20. The van der Waals surface area contributed by atoms with Crippen molar-refractivity contribution in [3.8, 4) is 0 Å². The van der Waals surface area contributed by atoms with Gasteiger partial charge in [0.2, 0.25) is 5.91 Å². The summed E-state index contributed by atoms with van der Waals surface area (Å²) in [7, 11) is 0. The summed E-state index contributed by atoms with van der Waals surface area (Å²) in [6.45, 7) is 6.46. The molecule has 17 heavy (non-hydrogen) atoms. The second-order valence-electron chi connectivity index (χ2n) is 4.50. The van der Waals surface area contributed by atoms with Crippen LogP contribution in [0.4, 0.5) is 0 Å². The summed E-state index contributed by atoms with van der Waals surface area (Å²) in [5.74, 6) is 0.306. The van der Waals surface area contributed by atoms with Gasteiger partial charge >= 0.3 is 0 Å². The van der Waals surface area contributed by atoms with E-state index in [9.17, 15) is 4.79 Å². The van der Waals surface area contributed by atoms with E-state index in [2.05, 4.69) is 15.6 Å². The maximum absolute atomic E-state index is 11.9. The smallest absolute Gasteiger partial charge is 0.224 e. The predicted molar refractivity (Wildman–Crippen MR) is 69.0 cm³/mol. The van der Waals surface area contributed by atoms with Crippen LogP contribution in [0.15, 0.2) is 0 Å². The third kappa shape index (κ3) is 3.26. The lowest BCUT2D eigenvalue weighted by Crippen LogP contribution is -2.40. The maximum Gasteiger partial charge on any atom is 0.224 e. The van der Waals surface area contributed by atoms with Gasteiger partial charge in [-0.3, -0.25) is 4.79 Å². The van der Waals surface area contributed by atoms with E-state index in [1.165, 1.54) is 4.88 Å². The van der Waals surface area contributed by atoms with E-state index in [0.29, 0.717) is 6.54 Å². The highest BCUT2D eigenvalue weighted by Crippen LogP contribution is 2.17. The fourth-order valence-corrected chi connectivity index (χ4v) is 3.00. The molecule has 1 fully saturated rings. The molecule has 1 aliphatic rings. The Kier molecular flexibility index (Phi) is 4.12. The molecule has 2 rings (SSSR count). The topological polar surface area (TPSA) is 54.0 Å². The highest BCUT2D eigenvalue weighted by atomic mass is 32.1. The molecule has 0 radical (unpaired) electrons. The Morgan fingerprint density at radius 1 is 1.59 bits per heavy atom. The molecule has 94 valence electrons. The summed E-state index contributed by atoms with van der Waals surface area (Å²) >= 11 is 1.66. The summed E-state index contributed by atoms with van der Waals surface area (Å²) < 4.78 is 0. The first-order chi connectivity index (χ1) is 8.16. The molecule has 0 spiro atoms. The molecule has 2 N–H and O–H groups in total. The molecule has 5 heteroatoms. The molecule has 0 aromatic carbocycles. The van der Waals surface area contributed by atoms with Crippen LogP contribution in [0.5, 0.6) is 0 Å². The van der Waals surface area contributed by atoms with E-state index in [1.807, 2.05) is 13.8 Å². The molecule has 1 unspecified atom stereocenters. The SMILES string of the molecule is Cc1nc(C)c(CNC(=O)C2CCCNC2)s1. The van der Waals surface area contributed by atoms with E-state index in [0.717, 1.165) is 36.6 Å². The number of carbonyl (C=O) groups is 1. The molecule has 1 amide bonds. The number of aryl methyl sites for hydroxylation is 2. The van der Waals surface area contributed by atoms with E-state index >= 15 is 0 Å². The number of hydrogen-bond acceptors (Lipinski definition) is 4. The number of rotatable bonds is 3. The number of nitrogens with one attached hydrogen (secondary N) is 2. The fraction of sp³-hybridized carbons (Fsp3) is 0.667. The third-order valence-corrected chi connectivity index (χ3v) is 4.16. The Morgan fingerprint density at radius 2 is 2.41 bits per heavy atom. The monoisotopic (exact) mass is 253 g/mol. The van der Waals surface area contributed by atoms with Crippen LogP contribution in [-0.4, -0.2) is 24.0 Å². The van der Waals surface area contributed by atoms with Gasteiger partial charge in [-0.25, -0.2) is 4.98 Å². The molecule has 1 aromatic heterocycles. The zero-order valence-electron chi connectivity index (χ0n) is 10.4. The molecule has 1 aromatic rings. The van der Waals surface area contributed by atoms with E-state index in [4.69, 9.17) is 0 Å². The molecule has 0 bridgehead atoms. The molecule has 0 saturated carbocycles. The summed E-state index contributed by atoms with van der Waals surface area (Å²) in [4.78, 5) is 17.4. The van der Waals surface area contributed by atoms with Gasteiger partial charge in [-0.1, -0.05) is 0 Å². The quantitative estimate of drug-likeness (QED) is 0.855. The lowest BCUT2D eigenvalue weighted by atomic mass is 9.99. The molecular weight excluding hydrogens is 234 g/mol. The van der Waals surface area contributed by atoms with Crippen molar-refractivity contribution in [3.05, 3.63) is 15.6 Å². The number of aromatic nitrogens is 1. The number of piperidine rings is 1. The molecule has 1 aliphatic heterocycles. The minimum Gasteiger partial charge on any atom is -0.351 e. The third-order valence-electron chi connectivity index (χ3n) is 3.09. The van der Waals surface area contributed by atoms with Crippen molar-refractivity contribution < 1.29 is 4.79 Å². The number of carbonyl (C=O) groups excluding carboxylic acids is 1. The molecular formula is C12H19N3OS. The van der Waals surface area contributed by atoms with Gasteiger partial charge < -0.3 is 10.6 Å². The zero-order valence-corrected chi connectivity index (χ0v) is 11.2. The Labute approximate surface area is 106 Å². The zero-order chi connectivity index (χ0) is 12.3. The van der Waals surface area contributed by atoms with Crippen LogP contribution in [-0.2, 0) is 11.3 Å². The van der Waals surface area contributed by atoms with Crippen LogP contribution in [0.25, 0.3) is 0 Å². The Morgan fingerprint density at radius 3 is 3.00 bits per heavy atom. The average molecular weight is 253 g/mol. The van der Waals surface area contributed by atoms with Crippen molar-refractivity contribution >= 4 is 17.2 Å². The van der Waals surface area contributed by atoms with E-state index in [-0.39, 0.29) is 11.8 Å². The molecule has 2 heterocycles. The van der Waals surface area contributed by atoms with Gasteiger partial charge in [-0.15, -0.1) is 11.3 Å². The minimum absolute atomic E-state index is 0.137. The first kappa shape index (κ1) is 12.5. The van der Waals surface area contributed by atoms with Crippen LogP contribution < -0.4 is 10.6 Å². The van der Waals surface area contributed by atoms with Crippen molar-refractivity contribution in [2.75, 3.05) is 13.1 Å². The van der Waals surface area contributed by atoms with Gasteiger partial charge in [0.15, 0.2) is 0 Å². The van der Waals surface area contributed by atoms with Gasteiger partial charge in [-0.2, -0.15) is 0 Å². The Hall–Kier alpha value is -0.940. The van der Waals surface area contributed by atoms with Crippen molar-refractivity contribution in [2.24, 2.45) is 5.92 Å². The normalized spacial score (nSPS) is 20.2. The summed E-state index contributed by atoms with van der Waals surface area (Å²) in [5.41, 5.74) is 1.04. The van der Waals surface area contributed by atoms with Crippen molar-refractivity contribution in [2.45, 2.75) is 33.2 Å². The van der Waals surface area contributed by atoms with Crippen LogP contribution in [0.2, 0.25) is 0 Å². The largest absolute Gasteiger partial charge is 0.351 e. The Bertz CT molecular complexity index is 396. The van der Waals surface area contributed by atoms with Gasteiger partial charge in [0, 0.05) is 11.4 Å². The second-order valence-corrected chi connectivity index (χ2v) is 5.79. The summed E-state index contributed by atoms with van der Waals surface area (Å²) in [5, 5.41) is 7.33. The van der Waals surface area contributed by atoms with Gasteiger partial charge in [0.25, 0.3) is 0 Å². The highest BCUT2D eigenvalue weighted by molar-refractivity contribution is 7.11. The molecule has 0 aliphatic carbocycles. The lowest BCUT2D eigenvalue weighted by Gasteiger charge is -2.21. The number of nitrogens with zero attached hydrogens (tertiary/aromatic N) is 1. The Balaban J connectivity index is 1.85. The van der Waals surface area contributed by atoms with Crippen LogP contribution in [0, 0.1) is 19.8 Å². The van der Waals surface area contributed by atoms with Crippen molar-refractivity contribution in [1.82, 2.24) is 15.6 Å². The van der Waals surface area contributed by atoms with Crippen LogP contribution in [0.1, 0.15) is 28.4 Å². The molecule has 1 saturated heterocycles. The standard InChI is InChI=1S/C12H19N3OS/c1-8-11(17-9(2)15-8)7-14-12(16)10-4-3-5-13-6-10/h10,13H,3-7H2,1-2H3,(H,14,16). The summed E-state index contributed by atoms with van der Waals surface area (Å²) in [6, 6.07) is 0.